The van der Waals surface area contributed by atoms with Crippen LogP contribution in [0.1, 0.15) is 50.8 Å². The van der Waals surface area contributed by atoms with Crippen molar-refractivity contribution in [3.63, 3.8) is 0 Å². The third-order valence-corrected chi connectivity index (χ3v) is 5.43. The van der Waals surface area contributed by atoms with Crippen molar-refractivity contribution in [1.82, 2.24) is 9.97 Å². The first-order valence-corrected chi connectivity index (χ1v) is 8.87. The summed E-state index contributed by atoms with van der Waals surface area (Å²) in [6, 6.07) is 5.56. The highest BCUT2D eigenvalue weighted by atomic mass is 32.1. The van der Waals surface area contributed by atoms with Gasteiger partial charge in [-0.25, -0.2) is 9.78 Å². The second kappa shape index (κ2) is 6.44. The standard InChI is InChI=1S/C19H20N2O3S/c1-9-6-7-14(10(2)8-9)19(23)24-12(4)16-20-17(22)15-11(3)13(5)25-18(15)21-16/h6-8,12H,1-5H3,(H,20,21,22)/t12-/m1/s1. The molecule has 3 aromatic rings. The van der Waals surface area contributed by atoms with Crippen molar-refractivity contribution in [3.05, 3.63) is 61.5 Å². The first-order chi connectivity index (χ1) is 11.8. The number of ether oxygens (including phenoxy) is 1. The molecule has 2 aromatic heterocycles. The number of aromatic nitrogens is 2. The number of hydrogen-bond acceptors (Lipinski definition) is 5. The van der Waals surface area contributed by atoms with E-state index in [0.717, 1.165) is 21.6 Å². The number of esters is 1. The number of benzene rings is 1. The molecule has 0 aliphatic heterocycles. The van der Waals surface area contributed by atoms with E-state index in [4.69, 9.17) is 4.74 Å². The number of hydrogen-bond donors (Lipinski definition) is 1. The van der Waals surface area contributed by atoms with Crippen LogP contribution in [0.2, 0.25) is 0 Å². The summed E-state index contributed by atoms with van der Waals surface area (Å²) in [6.07, 6.45) is -0.645. The quantitative estimate of drug-likeness (QED) is 0.716. The Morgan fingerprint density at radius 3 is 2.64 bits per heavy atom. The number of carbonyl (C=O) groups is 1. The third-order valence-electron chi connectivity index (χ3n) is 4.33. The molecule has 1 aromatic carbocycles. The van der Waals surface area contributed by atoms with Gasteiger partial charge in [0.15, 0.2) is 11.9 Å². The van der Waals surface area contributed by atoms with Crippen molar-refractivity contribution >= 4 is 27.5 Å². The van der Waals surface area contributed by atoms with Crippen molar-refractivity contribution in [2.24, 2.45) is 0 Å². The lowest BCUT2D eigenvalue weighted by Crippen LogP contribution is -2.17. The van der Waals surface area contributed by atoms with Crippen LogP contribution in [0.15, 0.2) is 23.0 Å². The van der Waals surface area contributed by atoms with Crippen LogP contribution in [0.3, 0.4) is 0 Å². The van der Waals surface area contributed by atoms with Crippen molar-refractivity contribution < 1.29 is 9.53 Å². The molecule has 5 nitrogen and oxygen atoms in total. The minimum absolute atomic E-state index is 0.198. The number of thiophene rings is 1. The van der Waals surface area contributed by atoms with E-state index < -0.39 is 12.1 Å². The molecule has 2 heterocycles. The summed E-state index contributed by atoms with van der Waals surface area (Å²) in [4.78, 5) is 33.7. The maximum atomic E-state index is 12.4. The molecule has 0 spiro atoms. The summed E-state index contributed by atoms with van der Waals surface area (Å²) in [5.74, 6) is -0.0665. The number of carbonyl (C=O) groups excluding carboxylic acids is 1. The van der Waals surface area contributed by atoms with Gasteiger partial charge in [-0.05, 0) is 51.8 Å². The molecule has 0 bridgehead atoms. The molecular weight excluding hydrogens is 336 g/mol. The predicted molar refractivity (Wildman–Crippen MR) is 99.5 cm³/mol. The first kappa shape index (κ1) is 17.4. The van der Waals surface area contributed by atoms with Gasteiger partial charge in [0.2, 0.25) is 0 Å². The van der Waals surface area contributed by atoms with Gasteiger partial charge in [-0.1, -0.05) is 17.7 Å². The van der Waals surface area contributed by atoms with Crippen LogP contribution in [-0.2, 0) is 4.74 Å². The van der Waals surface area contributed by atoms with E-state index >= 15 is 0 Å². The highest BCUT2D eigenvalue weighted by Crippen LogP contribution is 2.27. The molecule has 0 unspecified atom stereocenters. The fraction of sp³-hybridized carbons (Fsp3) is 0.316. The first-order valence-electron chi connectivity index (χ1n) is 8.06. The number of H-pyrrole nitrogens is 1. The molecule has 0 saturated carbocycles. The number of rotatable bonds is 3. The highest BCUT2D eigenvalue weighted by Gasteiger charge is 2.19. The average Bonchev–Trinajstić information content (AvgIpc) is 2.82. The van der Waals surface area contributed by atoms with E-state index in [-0.39, 0.29) is 5.56 Å². The van der Waals surface area contributed by atoms with Crippen molar-refractivity contribution in [1.29, 1.82) is 0 Å². The number of fused-ring (bicyclic) bond motifs is 1. The van der Waals surface area contributed by atoms with Crippen LogP contribution in [0, 0.1) is 27.7 Å². The highest BCUT2D eigenvalue weighted by molar-refractivity contribution is 7.18. The smallest absolute Gasteiger partial charge is 0.339 e. The summed E-state index contributed by atoms with van der Waals surface area (Å²) in [5.41, 5.74) is 3.21. The van der Waals surface area contributed by atoms with E-state index in [2.05, 4.69) is 9.97 Å². The fourth-order valence-corrected chi connectivity index (χ4v) is 3.82. The zero-order valence-corrected chi connectivity index (χ0v) is 15.7. The number of nitrogens with zero attached hydrogens (tertiary/aromatic N) is 1. The fourth-order valence-electron chi connectivity index (χ4n) is 2.79. The van der Waals surface area contributed by atoms with Gasteiger partial charge < -0.3 is 9.72 Å². The molecule has 1 atom stereocenters. The van der Waals surface area contributed by atoms with Crippen LogP contribution >= 0.6 is 11.3 Å². The topological polar surface area (TPSA) is 72.0 Å². The maximum Gasteiger partial charge on any atom is 0.339 e. The molecule has 0 aliphatic carbocycles. The molecule has 3 rings (SSSR count). The summed E-state index contributed by atoms with van der Waals surface area (Å²) in [5, 5.41) is 0.610. The molecule has 0 saturated heterocycles. The van der Waals surface area contributed by atoms with Crippen LogP contribution in [-0.4, -0.2) is 15.9 Å². The molecule has 0 radical (unpaired) electrons. The van der Waals surface area contributed by atoms with Gasteiger partial charge >= 0.3 is 5.97 Å². The van der Waals surface area contributed by atoms with Gasteiger partial charge in [-0.15, -0.1) is 11.3 Å². The molecule has 25 heavy (non-hydrogen) atoms. The SMILES string of the molecule is Cc1ccc(C(=O)O[C@H](C)c2nc3sc(C)c(C)c3c(=O)[nH]2)c(C)c1. The number of aryl methyl sites for hydroxylation is 4. The van der Waals surface area contributed by atoms with Gasteiger partial charge in [0.1, 0.15) is 4.83 Å². The molecule has 0 amide bonds. The molecule has 0 fully saturated rings. The van der Waals surface area contributed by atoms with E-state index in [1.807, 2.05) is 39.8 Å². The summed E-state index contributed by atoms with van der Waals surface area (Å²) in [7, 11) is 0. The van der Waals surface area contributed by atoms with Crippen LogP contribution in [0.25, 0.3) is 10.2 Å². The Morgan fingerprint density at radius 1 is 1.24 bits per heavy atom. The Morgan fingerprint density at radius 2 is 1.96 bits per heavy atom. The molecule has 0 aliphatic rings. The monoisotopic (exact) mass is 356 g/mol. The summed E-state index contributed by atoms with van der Waals surface area (Å²) in [6.45, 7) is 9.43. The lowest BCUT2D eigenvalue weighted by molar-refractivity contribution is 0.0319. The van der Waals surface area contributed by atoms with Gasteiger partial charge in [0.25, 0.3) is 5.56 Å². The van der Waals surface area contributed by atoms with Gasteiger partial charge in [0.05, 0.1) is 10.9 Å². The Hall–Kier alpha value is -2.47. The minimum atomic E-state index is -0.645. The van der Waals surface area contributed by atoms with E-state index in [9.17, 15) is 9.59 Å². The zero-order chi connectivity index (χ0) is 18.3. The second-order valence-corrected chi connectivity index (χ2v) is 7.48. The van der Waals surface area contributed by atoms with Gasteiger partial charge in [-0.3, -0.25) is 4.79 Å². The minimum Gasteiger partial charge on any atom is -0.451 e. The number of aromatic amines is 1. The second-order valence-electron chi connectivity index (χ2n) is 6.28. The Labute approximate surface area is 149 Å². The lowest BCUT2D eigenvalue weighted by Gasteiger charge is -2.14. The normalized spacial score (nSPS) is 12.4. The summed E-state index contributed by atoms with van der Waals surface area (Å²) >= 11 is 1.47. The largest absolute Gasteiger partial charge is 0.451 e. The van der Waals surface area contributed by atoms with Crippen molar-refractivity contribution in [2.45, 2.75) is 40.7 Å². The van der Waals surface area contributed by atoms with Gasteiger partial charge in [0, 0.05) is 4.88 Å². The molecular formula is C19H20N2O3S. The Balaban J connectivity index is 1.90. The van der Waals surface area contributed by atoms with Crippen molar-refractivity contribution in [3.8, 4) is 0 Å². The van der Waals surface area contributed by atoms with E-state index in [1.54, 1.807) is 13.0 Å². The van der Waals surface area contributed by atoms with Crippen LogP contribution in [0.5, 0.6) is 0 Å². The maximum absolute atomic E-state index is 12.4. The third kappa shape index (κ3) is 3.22. The number of nitrogens with one attached hydrogen (secondary N) is 1. The Bertz CT molecular complexity index is 1030. The van der Waals surface area contributed by atoms with E-state index in [1.165, 1.54) is 11.3 Å². The molecule has 1 N–H and O–H groups in total. The molecule has 130 valence electrons. The van der Waals surface area contributed by atoms with E-state index in [0.29, 0.717) is 21.6 Å². The van der Waals surface area contributed by atoms with Crippen LogP contribution in [0.4, 0.5) is 0 Å². The Kier molecular flexibility index (Phi) is 4.47. The average molecular weight is 356 g/mol. The van der Waals surface area contributed by atoms with Crippen LogP contribution < -0.4 is 5.56 Å². The van der Waals surface area contributed by atoms with Gasteiger partial charge in [-0.2, -0.15) is 0 Å². The van der Waals surface area contributed by atoms with Crippen molar-refractivity contribution in [2.75, 3.05) is 0 Å². The zero-order valence-electron chi connectivity index (χ0n) is 14.9. The predicted octanol–water partition coefficient (Wildman–Crippen LogP) is 4.14. The summed E-state index contributed by atoms with van der Waals surface area (Å²) < 4.78 is 5.52. The lowest BCUT2D eigenvalue weighted by atomic mass is 10.1. The molecule has 6 heteroatoms.